The first kappa shape index (κ1) is 14.3. The summed E-state index contributed by atoms with van der Waals surface area (Å²) in [6.45, 7) is 2.70. The van der Waals surface area contributed by atoms with Gasteiger partial charge in [-0.3, -0.25) is 4.79 Å². The van der Waals surface area contributed by atoms with Crippen LogP contribution >= 0.6 is 11.3 Å². The van der Waals surface area contributed by atoms with Gasteiger partial charge in [0, 0.05) is 16.5 Å². The fraction of sp³-hybridized carbons (Fsp3) is 0.200. The van der Waals surface area contributed by atoms with Crippen LogP contribution in [0.15, 0.2) is 29.1 Å². The van der Waals surface area contributed by atoms with Crippen LogP contribution < -0.4 is 11.1 Å². The molecule has 0 aliphatic rings. The van der Waals surface area contributed by atoms with E-state index < -0.39 is 0 Å². The normalized spacial score (nSPS) is 9.70. The fourth-order valence-electron chi connectivity index (χ4n) is 1.69. The molecular formula is C15H15N3OS. The van der Waals surface area contributed by atoms with E-state index in [1.165, 1.54) is 11.3 Å². The molecule has 3 N–H and O–H groups in total. The van der Waals surface area contributed by atoms with Crippen molar-refractivity contribution < 1.29 is 4.79 Å². The summed E-state index contributed by atoms with van der Waals surface area (Å²) in [4.78, 5) is 16.1. The molecule has 20 heavy (non-hydrogen) atoms. The van der Waals surface area contributed by atoms with Crippen molar-refractivity contribution in [3.05, 3.63) is 51.5 Å². The monoisotopic (exact) mass is 285 g/mol. The van der Waals surface area contributed by atoms with Crippen LogP contribution in [0.25, 0.3) is 0 Å². The topological polar surface area (TPSA) is 68.0 Å². The molecule has 1 aromatic carbocycles. The molecule has 1 aromatic heterocycles. The summed E-state index contributed by atoms with van der Waals surface area (Å²) >= 11 is 1.51. The molecule has 1 amide bonds. The van der Waals surface area contributed by atoms with Crippen molar-refractivity contribution in [3.63, 3.8) is 0 Å². The molecule has 1 heterocycles. The maximum atomic E-state index is 12.0. The van der Waals surface area contributed by atoms with E-state index in [9.17, 15) is 4.79 Å². The van der Waals surface area contributed by atoms with Crippen molar-refractivity contribution in [1.82, 2.24) is 10.3 Å². The Hall–Kier alpha value is -2.16. The Morgan fingerprint density at radius 2 is 2.35 bits per heavy atom. The second kappa shape index (κ2) is 6.85. The Bertz CT molecular complexity index is 653. The Morgan fingerprint density at radius 3 is 3.00 bits per heavy atom. The van der Waals surface area contributed by atoms with E-state index in [2.05, 4.69) is 22.1 Å². The molecule has 0 fully saturated rings. The van der Waals surface area contributed by atoms with Crippen molar-refractivity contribution in [3.8, 4) is 11.8 Å². The van der Waals surface area contributed by atoms with Gasteiger partial charge in [0.25, 0.3) is 5.91 Å². The maximum Gasteiger partial charge on any atom is 0.251 e. The third-order valence-electron chi connectivity index (χ3n) is 2.73. The minimum atomic E-state index is -0.112. The van der Waals surface area contributed by atoms with Crippen LogP contribution in [-0.2, 0) is 6.54 Å². The van der Waals surface area contributed by atoms with Gasteiger partial charge < -0.3 is 11.1 Å². The number of hydrogen-bond donors (Lipinski definition) is 2. The predicted octanol–water partition coefficient (Wildman–Crippen LogP) is 1.69. The number of thiazole rings is 1. The van der Waals surface area contributed by atoms with E-state index in [-0.39, 0.29) is 5.91 Å². The van der Waals surface area contributed by atoms with E-state index in [1.807, 2.05) is 24.4 Å². The maximum absolute atomic E-state index is 12.0. The van der Waals surface area contributed by atoms with Crippen LogP contribution in [0, 0.1) is 18.8 Å². The molecule has 0 saturated carbocycles. The molecule has 2 rings (SSSR count). The molecular weight excluding hydrogens is 270 g/mol. The average molecular weight is 285 g/mol. The summed E-state index contributed by atoms with van der Waals surface area (Å²) in [7, 11) is 0. The first-order valence-electron chi connectivity index (χ1n) is 6.15. The highest BCUT2D eigenvalue weighted by Crippen LogP contribution is 2.10. The molecule has 0 aliphatic heterocycles. The van der Waals surface area contributed by atoms with Gasteiger partial charge >= 0.3 is 0 Å². The Labute approximate surface area is 122 Å². The van der Waals surface area contributed by atoms with Gasteiger partial charge in [-0.1, -0.05) is 11.8 Å². The van der Waals surface area contributed by atoms with Crippen molar-refractivity contribution in [2.75, 3.05) is 6.54 Å². The van der Waals surface area contributed by atoms with E-state index in [1.54, 1.807) is 11.6 Å². The Balaban J connectivity index is 2.05. The lowest BCUT2D eigenvalue weighted by molar-refractivity contribution is 0.0950. The van der Waals surface area contributed by atoms with Gasteiger partial charge in [0.1, 0.15) is 0 Å². The number of aryl methyl sites for hydroxylation is 1. The molecule has 0 spiro atoms. The van der Waals surface area contributed by atoms with E-state index in [0.29, 0.717) is 18.7 Å². The standard InChI is InChI=1S/C15H15N3OS/c1-11-7-13(5-4-12(11)3-2-6-16)15(19)17-8-14-9-20-10-18-14/h4-5,7,9-10H,6,8,16H2,1H3,(H,17,19). The minimum absolute atomic E-state index is 0.112. The van der Waals surface area contributed by atoms with Crippen LogP contribution in [0.4, 0.5) is 0 Å². The van der Waals surface area contributed by atoms with Gasteiger partial charge in [-0.05, 0) is 30.7 Å². The van der Waals surface area contributed by atoms with Gasteiger partial charge in [-0.25, -0.2) is 4.98 Å². The first-order valence-corrected chi connectivity index (χ1v) is 7.10. The van der Waals surface area contributed by atoms with E-state index >= 15 is 0 Å². The van der Waals surface area contributed by atoms with Gasteiger partial charge in [-0.2, -0.15) is 0 Å². The van der Waals surface area contributed by atoms with Gasteiger partial charge in [0.05, 0.1) is 24.3 Å². The van der Waals surface area contributed by atoms with Crippen LogP contribution in [0.3, 0.4) is 0 Å². The van der Waals surface area contributed by atoms with Gasteiger partial charge in [-0.15, -0.1) is 11.3 Å². The summed E-state index contributed by atoms with van der Waals surface area (Å²) in [5.74, 6) is 5.67. The number of nitrogens with one attached hydrogen (secondary N) is 1. The molecule has 0 bridgehead atoms. The number of aromatic nitrogens is 1. The fourth-order valence-corrected chi connectivity index (χ4v) is 2.25. The number of rotatable bonds is 3. The molecule has 4 nitrogen and oxygen atoms in total. The van der Waals surface area contributed by atoms with Crippen molar-refractivity contribution in [2.45, 2.75) is 13.5 Å². The van der Waals surface area contributed by atoms with E-state index in [4.69, 9.17) is 5.73 Å². The van der Waals surface area contributed by atoms with Crippen LogP contribution in [0.5, 0.6) is 0 Å². The second-order valence-corrected chi connectivity index (χ2v) is 4.92. The number of nitrogens with zero attached hydrogens (tertiary/aromatic N) is 1. The van der Waals surface area contributed by atoms with Crippen LogP contribution in [0.2, 0.25) is 0 Å². The molecule has 0 saturated heterocycles. The number of carbonyl (C=O) groups excluding carboxylic acids is 1. The van der Waals surface area contributed by atoms with Gasteiger partial charge in [0.15, 0.2) is 0 Å². The number of carbonyl (C=O) groups is 1. The third kappa shape index (κ3) is 3.67. The third-order valence-corrected chi connectivity index (χ3v) is 3.36. The zero-order chi connectivity index (χ0) is 14.4. The van der Waals surface area contributed by atoms with Crippen molar-refractivity contribution >= 4 is 17.2 Å². The summed E-state index contributed by atoms with van der Waals surface area (Å²) in [6.07, 6.45) is 0. The molecule has 0 aliphatic carbocycles. The predicted molar refractivity (Wildman–Crippen MR) is 80.4 cm³/mol. The summed E-state index contributed by atoms with van der Waals surface area (Å²) in [6, 6.07) is 5.44. The molecule has 5 heteroatoms. The lowest BCUT2D eigenvalue weighted by Gasteiger charge is -2.05. The minimum Gasteiger partial charge on any atom is -0.346 e. The zero-order valence-electron chi connectivity index (χ0n) is 11.1. The van der Waals surface area contributed by atoms with Gasteiger partial charge in [0.2, 0.25) is 0 Å². The smallest absolute Gasteiger partial charge is 0.251 e. The quantitative estimate of drug-likeness (QED) is 0.843. The average Bonchev–Trinajstić information content (AvgIpc) is 2.96. The molecule has 0 radical (unpaired) electrons. The molecule has 0 atom stereocenters. The molecule has 102 valence electrons. The lowest BCUT2D eigenvalue weighted by Crippen LogP contribution is -2.23. The van der Waals surface area contributed by atoms with Crippen LogP contribution in [0.1, 0.15) is 27.2 Å². The first-order chi connectivity index (χ1) is 9.70. The van der Waals surface area contributed by atoms with Crippen molar-refractivity contribution in [1.29, 1.82) is 0 Å². The Morgan fingerprint density at radius 1 is 1.50 bits per heavy atom. The molecule has 0 unspecified atom stereocenters. The highest BCUT2D eigenvalue weighted by atomic mass is 32.1. The summed E-state index contributed by atoms with van der Waals surface area (Å²) < 4.78 is 0. The van der Waals surface area contributed by atoms with E-state index in [0.717, 1.165) is 16.8 Å². The lowest BCUT2D eigenvalue weighted by atomic mass is 10.0. The number of benzene rings is 1. The highest BCUT2D eigenvalue weighted by molar-refractivity contribution is 7.07. The highest BCUT2D eigenvalue weighted by Gasteiger charge is 2.07. The summed E-state index contributed by atoms with van der Waals surface area (Å²) in [5, 5.41) is 4.75. The number of hydrogen-bond acceptors (Lipinski definition) is 4. The Kier molecular flexibility index (Phi) is 4.88. The molecule has 2 aromatic rings. The van der Waals surface area contributed by atoms with Crippen LogP contribution in [-0.4, -0.2) is 17.4 Å². The second-order valence-electron chi connectivity index (χ2n) is 4.20. The number of nitrogens with two attached hydrogens (primary N) is 1. The summed E-state index contributed by atoms with van der Waals surface area (Å²) in [5.41, 5.74) is 10.4. The largest absolute Gasteiger partial charge is 0.346 e. The SMILES string of the molecule is Cc1cc(C(=O)NCc2cscn2)ccc1C#CCN. The number of amides is 1. The van der Waals surface area contributed by atoms with Crippen molar-refractivity contribution in [2.24, 2.45) is 5.73 Å². The zero-order valence-corrected chi connectivity index (χ0v) is 12.0.